The van der Waals surface area contributed by atoms with E-state index >= 15 is 0 Å². The van der Waals surface area contributed by atoms with Crippen LogP contribution in [0.1, 0.15) is 23.7 Å². The van der Waals surface area contributed by atoms with E-state index in [9.17, 15) is 4.79 Å². The highest BCUT2D eigenvalue weighted by Crippen LogP contribution is 2.08. The Morgan fingerprint density at radius 3 is 3.00 bits per heavy atom. The summed E-state index contributed by atoms with van der Waals surface area (Å²) in [6.07, 6.45) is 2.43. The Hall–Kier alpha value is -0.940. The van der Waals surface area contributed by atoms with Gasteiger partial charge < -0.3 is 10.1 Å². The Kier molecular flexibility index (Phi) is 5.42. The summed E-state index contributed by atoms with van der Waals surface area (Å²) >= 11 is 3.23. The van der Waals surface area contributed by atoms with Crippen LogP contribution in [0.15, 0.2) is 22.9 Å². The third kappa shape index (κ3) is 3.90. The van der Waals surface area contributed by atoms with E-state index in [4.69, 9.17) is 4.74 Å². The second-order valence-electron chi connectivity index (χ2n) is 3.40. The van der Waals surface area contributed by atoms with Gasteiger partial charge in [-0.1, -0.05) is 6.92 Å². The van der Waals surface area contributed by atoms with Crippen LogP contribution in [0.4, 0.5) is 0 Å². The summed E-state index contributed by atoms with van der Waals surface area (Å²) in [4.78, 5) is 15.8. The monoisotopic (exact) mass is 286 g/mol. The molecule has 0 saturated carbocycles. The van der Waals surface area contributed by atoms with Crippen LogP contribution < -0.4 is 5.32 Å². The fourth-order valence-electron chi connectivity index (χ4n) is 1.28. The van der Waals surface area contributed by atoms with Crippen molar-refractivity contribution in [2.24, 2.45) is 0 Å². The number of carbonyl (C=O) groups is 1. The van der Waals surface area contributed by atoms with Gasteiger partial charge in [0.2, 0.25) is 0 Å². The maximum absolute atomic E-state index is 11.8. The number of halogens is 1. The van der Waals surface area contributed by atoms with Gasteiger partial charge in [-0.25, -0.2) is 4.98 Å². The van der Waals surface area contributed by atoms with Gasteiger partial charge in [-0.2, -0.15) is 0 Å². The molecular weight excluding hydrogens is 272 g/mol. The van der Waals surface area contributed by atoms with E-state index in [2.05, 4.69) is 26.2 Å². The molecule has 0 radical (unpaired) electrons. The molecule has 0 bridgehead atoms. The SMILES string of the molecule is CCC(COC)NC(=O)c1ccnc(Br)c1. The molecule has 0 saturated heterocycles. The van der Waals surface area contributed by atoms with Crippen molar-refractivity contribution in [3.63, 3.8) is 0 Å². The van der Waals surface area contributed by atoms with Gasteiger partial charge in [0, 0.05) is 18.9 Å². The smallest absolute Gasteiger partial charge is 0.251 e. The lowest BCUT2D eigenvalue weighted by atomic mass is 10.2. The van der Waals surface area contributed by atoms with Crippen LogP contribution in [0.5, 0.6) is 0 Å². The summed E-state index contributed by atoms with van der Waals surface area (Å²) in [6, 6.07) is 3.42. The van der Waals surface area contributed by atoms with Crippen LogP contribution in [0, 0.1) is 0 Å². The summed E-state index contributed by atoms with van der Waals surface area (Å²) < 4.78 is 5.67. The topological polar surface area (TPSA) is 51.2 Å². The van der Waals surface area contributed by atoms with E-state index in [1.54, 1.807) is 25.4 Å². The molecule has 1 N–H and O–H groups in total. The first-order chi connectivity index (χ1) is 7.67. The summed E-state index contributed by atoms with van der Waals surface area (Å²) in [5, 5.41) is 2.90. The molecule has 1 aromatic heterocycles. The third-order valence-electron chi connectivity index (χ3n) is 2.18. The molecule has 1 rings (SSSR count). The predicted octanol–water partition coefficient (Wildman–Crippen LogP) is 2.00. The number of aromatic nitrogens is 1. The molecule has 1 aromatic rings. The van der Waals surface area contributed by atoms with E-state index < -0.39 is 0 Å². The normalized spacial score (nSPS) is 12.2. The Bertz CT molecular complexity index is 358. The molecule has 0 aliphatic carbocycles. The minimum atomic E-state index is -0.105. The van der Waals surface area contributed by atoms with Gasteiger partial charge in [0.15, 0.2) is 0 Å². The second-order valence-corrected chi connectivity index (χ2v) is 4.21. The maximum Gasteiger partial charge on any atom is 0.251 e. The molecule has 5 heteroatoms. The molecule has 1 heterocycles. The number of ether oxygens (including phenoxy) is 1. The largest absolute Gasteiger partial charge is 0.383 e. The van der Waals surface area contributed by atoms with E-state index in [-0.39, 0.29) is 11.9 Å². The summed E-state index contributed by atoms with van der Waals surface area (Å²) in [6.45, 7) is 2.53. The molecule has 1 amide bonds. The fraction of sp³-hybridized carbons (Fsp3) is 0.455. The highest BCUT2D eigenvalue weighted by atomic mass is 79.9. The third-order valence-corrected chi connectivity index (χ3v) is 2.62. The van der Waals surface area contributed by atoms with E-state index in [0.717, 1.165) is 6.42 Å². The highest BCUT2D eigenvalue weighted by molar-refractivity contribution is 9.10. The van der Waals surface area contributed by atoms with Gasteiger partial charge in [0.05, 0.1) is 12.6 Å². The zero-order valence-electron chi connectivity index (χ0n) is 9.37. The van der Waals surface area contributed by atoms with Gasteiger partial charge in [0.25, 0.3) is 5.91 Å². The zero-order chi connectivity index (χ0) is 12.0. The predicted molar refractivity (Wildman–Crippen MR) is 65.4 cm³/mol. The Labute approximate surface area is 104 Å². The van der Waals surface area contributed by atoms with E-state index in [0.29, 0.717) is 16.8 Å². The molecule has 1 atom stereocenters. The summed E-state index contributed by atoms with van der Waals surface area (Å²) in [5.41, 5.74) is 0.594. The lowest BCUT2D eigenvalue weighted by Crippen LogP contribution is -2.37. The van der Waals surface area contributed by atoms with Crippen molar-refractivity contribution in [2.75, 3.05) is 13.7 Å². The Morgan fingerprint density at radius 2 is 2.44 bits per heavy atom. The standard InChI is InChI=1S/C11H15BrN2O2/c1-3-9(7-16-2)14-11(15)8-4-5-13-10(12)6-8/h4-6,9H,3,7H2,1-2H3,(H,14,15). The second kappa shape index (κ2) is 6.60. The van der Waals surface area contributed by atoms with E-state index in [1.165, 1.54) is 0 Å². The number of hydrogen-bond acceptors (Lipinski definition) is 3. The number of hydrogen-bond donors (Lipinski definition) is 1. The zero-order valence-corrected chi connectivity index (χ0v) is 11.0. The van der Waals surface area contributed by atoms with Gasteiger partial charge in [-0.3, -0.25) is 4.79 Å². The molecule has 0 aromatic carbocycles. The molecule has 16 heavy (non-hydrogen) atoms. The van der Waals surface area contributed by atoms with Crippen molar-refractivity contribution in [3.8, 4) is 0 Å². The van der Waals surface area contributed by atoms with Crippen LogP contribution >= 0.6 is 15.9 Å². The average molecular weight is 287 g/mol. The van der Waals surface area contributed by atoms with Crippen molar-refractivity contribution < 1.29 is 9.53 Å². The van der Waals surface area contributed by atoms with Crippen LogP contribution in [-0.4, -0.2) is 30.6 Å². The van der Waals surface area contributed by atoms with Crippen molar-refractivity contribution in [1.82, 2.24) is 10.3 Å². The molecule has 88 valence electrons. The minimum Gasteiger partial charge on any atom is -0.383 e. The van der Waals surface area contributed by atoms with Gasteiger partial charge in [0.1, 0.15) is 4.60 Å². The lowest BCUT2D eigenvalue weighted by Gasteiger charge is -2.15. The number of pyridine rings is 1. The number of amides is 1. The Morgan fingerprint density at radius 1 is 1.69 bits per heavy atom. The fourth-order valence-corrected chi connectivity index (χ4v) is 1.64. The quantitative estimate of drug-likeness (QED) is 0.843. The first-order valence-corrected chi connectivity index (χ1v) is 5.88. The molecule has 0 aliphatic heterocycles. The van der Waals surface area contributed by atoms with Gasteiger partial charge in [-0.15, -0.1) is 0 Å². The first kappa shape index (κ1) is 13.1. The number of carbonyl (C=O) groups excluding carboxylic acids is 1. The van der Waals surface area contributed by atoms with Crippen molar-refractivity contribution in [2.45, 2.75) is 19.4 Å². The number of nitrogens with zero attached hydrogens (tertiary/aromatic N) is 1. The average Bonchev–Trinajstić information content (AvgIpc) is 2.28. The van der Waals surface area contributed by atoms with Crippen LogP contribution in [0.2, 0.25) is 0 Å². The molecule has 0 spiro atoms. The van der Waals surface area contributed by atoms with E-state index in [1.807, 2.05) is 6.92 Å². The van der Waals surface area contributed by atoms with Crippen LogP contribution in [0.3, 0.4) is 0 Å². The summed E-state index contributed by atoms with van der Waals surface area (Å²) in [7, 11) is 1.62. The van der Waals surface area contributed by atoms with Crippen molar-refractivity contribution in [1.29, 1.82) is 0 Å². The van der Waals surface area contributed by atoms with Crippen molar-refractivity contribution in [3.05, 3.63) is 28.5 Å². The lowest BCUT2D eigenvalue weighted by molar-refractivity contribution is 0.0894. The Balaban J connectivity index is 2.64. The molecular formula is C11H15BrN2O2. The number of nitrogens with one attached hydrogen (secondary N) is 1. The van der Waals surface area contributed by atoms with Crippen LogP contribution in [-0.2, 0) is 4.74 Å². The summed E-state index contributed by atoms with van der Waals surface area (Å²) in [5.74, 6) is -0.105. The maximum atomic E-state index is 11.8. The highest BCUT2D eigenvalue weighted by Gasteiger charge is 2.12. The minimum absolute atomic E-state index is 0.0458. The molecule has 0 aliphatic rings. The molecule has 0 fully saturated rings. The molecule has 4 nitrogen and oxygen atoms in total. The van der Waals surface area contributed by atoms with Gasteiger partial charge >= 0.3 is 0 Å². The molecule has 1 unspecified atom stereocenters. The first-order valence-electron chi connectivity index (χ1n) is 5.08. The van der Waals surface area contributed by atoms with Crippen LogP contribution in [0.25, 0.3) is 0 Å². The van der Waals surface area contributed by atoms with Crippen molar-refractivity contribution >= 4 is 21.8 Å². The number of rotatable bonds is 5. The number of methoxy groups -OCH3 is 1. The van der Waals surface area contributed by atoms with Gasteiger partial charge in [-0.05, 0) is 34.5 Å².